The van der Waals surface area contributed by atoms with Crippen LogP contribution in [0.1, 0.15) is 56.1 Å². The maximum Gasteiger partial charge on any atom is 0.287 e. The van der Waals surface area contributed by atoms with Gasteiger partial charge in [-0.2, -0.15) is 0 Å². The molecule has 0 aliphatic heterocycles. The van der Waals surface area contributed by atoms with Crippen molar-refractivity contribution in [2.45, 2.75) is 51.2 Å². The van der Waals surface area contributed by atoms with Crippen LogP contribution in [0.4, 0.5) is 5.69 Å². The second-order valence-corrected chi connectivity index (χ2v) is 5.91. The molecule has 2 N–H and O–H groups in total. The van der Waals surface area contributed by atoms with Crippen LogP contribution in [0.3, 0.4) is 0 Å². The lowest BCUT2D eigenvalue weighted by atomic mass is 10.0. The number of aliphatic hydroxyl groups is 1. The molecule has 1 aliphatic carbocycles. The van der Waals surface area contributed by atoms with Crippen molar-refractivity contribution in [2.75, 3.05) is 6.54 Å². The second-order valence-electron chi connectivity index (χ2n) is 5.91. The summed E-state index contributed by atoms with van der Waals surface area (Å²) >= 11 is 0. The van der Waals surface area contributed by atoms with E-state index in [1.54, 1.807) is 11.5 Å². The Kier molecular flexibility index (Phi) is 4.32. The zero-order valence-corrected chi connectivity index (χ0v) is 12.3. The minimum atomic E-state index is -0.965. The number of nitro groups is 1. The summed E-state index contributed by atoms with van der Waals surface area (Å²) in [6.45, 7) is 3.75. The topological polar surface area (TPSA) is 97.4 Å². The molecule has 0 bridgehead atoms. The van der Waals surface area contributed by atoms with Crippen molar-refractivity contribution in [1.29, 1.82) is 0 Å². The second kappa shape index (κ2) is 5.85. The number of hydrogen-bond donors (Lipinski definition) is 2. The molecule has 1 amide bonds. The van der Waals surface area contributed by atoms with Crippen molar-refractivity contribution in [2.24, 2.45) is 0 Å². The summed E-state index contributed by atoms with van der Waals surface area (Å²) in [7, 11) is 0. The Labute approximate surface area is 123 Å². The lowest BCUT2D eigenvalue weighted by molar-refractivity contribution is -0.384. The van der Waals surface area contributed by atoms with Crippen molar-refractivity contribution in [3.05, 3.63) is 28.1 Å². The minimum Gasteiger partial charge on any atom is -0.388 e. The van der Waals surface area contributed by atoms with Crippen LogP contribution in [0.15, 0.2) is 12.3 Å². The van der Waals surface area contributed by atoms with Gasteiger partial charge in [-0.15, -0.1) is 0 Å². The highest BCUT2D eigenvalue weighted by Gasteiger charge is 2.31. The average molecular weight is 295 g/mol. The van der Waals surface area contributed by atoms with E-state index in [-0.39, 0.29) is 29.9 Å². The van der Waals surface area contributed by atoms with E-state index in [1.165, 1.54) is 12.3 Å². The molecule has 0 radical (unpaired) electrons. The van der Waals surface area contributed by atoms with E-state index in [4.69, 9.17) is 0 Å². The zero-order valence-electron chi connectivity index (χ0n) is 12.3. The van der Waals surface area contributed by atoms with Crippen molar-refractivity contribution < 1.29 is 14.8 Å². The molecule has 7 nitrogen and oxygen atoms in total. The normalized spacial score (nSPS) is 17.3. The van der Waals surface area contributed by atoms with Gasteiger partial charge in [-0.05, 0) is 26.2 Å². The lowest BCUT2D eigenvalue weighted by Crippen LogP contribution is -2.41. The maximum absolute atomic E-state index is 12.2. The Morgan fingerprint density at radius 2 is 2.29 bits per heavy atom. The van der Waals surface area contributed by atoms with Crippen molar-refractivity contribution in [1.82, 2.24) is 9.88 Å². The van der Waals surface area contributed by atoms with Crippen LogP contribution in [-0.2, 0) is 0 Å². The molecule has 116 valence electrons. The van der Waals surface area contributed by atoms with Gasteiger partial charge in [-0.25, -0.2) is 0 Å². The number of amides is 1. The number of hydrogen-bond acceptors (Lipinski definition) is 4. The third-order valence-corrected chi connectivity index (χ3v) is 3.64. The largest absolute Gasteiger partial charge is 0.388 e. The van der Waals surface area contributed by atoms with Crippen LogP contribution in [0.2, 0.25) is 0 Å². The van der Waals surface area contributed by atoms with Gasteiger partial charge in [0.05, 0.1) is 16.7 Å². The summed E-state index contributed by atoms with van der Waals surface area (Å²) in [5, 5.41) is 23.6. The van der Waals surface area contributed by atoms with Gasteiger partial charge in [0, 0.05) is 18.7 Å². The number of carbonyl (C=O) groups is 1. The molecule has 1 fully saturated rings. The molecular formula is C14H21N3O4. The van der Waals surface area contributed by atoms with Gasteiger partial charge in [-0.1, -0.05) is 13.3 Å². The Morgan fingerprint density at radius 1 is 1.62 bits per heavy atom. The molecule has 2 rings (SSSR count). The molecule has 1 atom stereocenters. The van der Waals surface area contributed by atoms with E-state index >= 15 is 0 Å². The highest BCUT2D eigenvalue weighted by molar-refractivity contribution is 5.93. The van der Waals surface area contributed by atoms with Crippen LogP contribution in [-0.4, -0.2) is 32.6 Å². The molecule has 0 aromatic carbocycles. The van der Waals surface area contributed by atoms with Gasteiger partial charge < -0.3 is 15.0 Å². The Bertz CT molecular complexity index is 546. The smallest absolute Gasteiger partial charge is 0.287 e. The molecular weight excluding hydrogens is 274 g/mol. The molecule has 1 aromatic rings. The number of nitrogens with one attached hydrogen (secondary N) is 1. The Balaban J connectivity index is 2.09. The van der Waals surface area contributed by atoms with Crippen LogP contribution >= 0.6 is 0 Å². The fourth-order valence-electron chi connectivity index (χ4n) is 2.39. The average Bonchev–Trinajstić information content (AvgIpc) is 3.14. The molecule has 0 spiro atoms. The highest BCUT2D eigenvalue weighted by Crippen LogP contribution is 2.37. The summed E-state index contributed by atoms with van der Waals surface area (Å²) in [5.41, 5.74) is -0.753. The minimum absolute atomic E-state index is 0.0765. The predicted molar refractivity (Wildman–Crippen MR) is 77.2 cm³/mol. The molecule has 1 heterocycles. The quantitative estimate of drug-likeness (QED) is 0.594. The monoisotopic (exact) mass is 295 g/mol. The predicted octanol–water partition coefficient (Wildman–Crippen LogP) is 2.01. The molecule has 0 saturated heterocycles. The summed E-state index contributed by atoms with van der Waals surface area (Å²) in [5.74, 6) is -0.383. The van der Waals surface area contributed by atoms with Crippen LogP contribution < -0.4 is 5.32 Å². The summed E-state index contributed by atoms with van der Waals surface area (Å²) in [4.78, 5) is 22.6. The first kappa shape index (κ1) is 15.5. The third-order valence-electron chi connectivity index (χ3n) is 3.64. The molecule has 7 heteroatoms. The first-order valence-corrected chi connectivity index (χ1v) is 7.21. The maximum atomic E-state index is 12.2. The van der Waals surface area contributed by atoms with E-state index in [9.17, 15) is 20.0 Å². The number of nitrogens with zero attached hydrogens (tertiary/aromatic N) is 2. The van der Waals surface area contributed by atoms with E-state index in [1.807, 2.05) is 6.92 Å². The van der Waals surface area contributed by atoms with Gasteiger partial charge in [0.25, 0.3) is 11.6 Å². The first-order valence-electron chi connectivity index (χ1n) is 7.21. The zero-order chi connectivity index (χ0) is 15.6. The SMILES string of the molecule is CCCC(C)(O)CNC(=O)c1cc([N+](=O)[O-])cn1C1CC1. The van der Waals surface area contributed by atoms with Crippen molar-refractivity contribution in [3.63, 3.8) is 0 Å². The summed E-state index contributed by atoms with van der Waals surface area (Å²) < 4.78 is 1.67. The number of carbonyl (C=O) groups excluding carboxylic acids is 1. The molecule has 1 saturated carbocycles. The highest BCUT2D eigenvalue weighted by atomic mass is 16.6. The van der Waals surface area contributed by atoms with E-state index < -0.39 is 10.5 Å². The Morgan fingerprint density at radius 3 is 2.81 bits per heavy atom. The fourth-order valence-corrected chi connectivity index (χ4v) is 2.39. The van der Waals surface area contributed by atoms with E-state index in [0.717, 1.165) is 19.3 Å². The number of rotatable bonds is 7. The third kappa shape index (κ3) is 3.81. The lowest BCUT2D eigenvalue weighted by Gasteiger charge is -2.23. The number of aromatic nitrogens is 1. The standard InChI is InChI=1S/C14H21N3O4/c1-3-6-14(2,19)9-15-13(18)12-7-11(17(20)21)8-16(12)10-4-5-10/h7-8,10,19H,3-6,9H2,1-2H3,(H,15,18). The molecule has 1 aromatic heterocycles. The van der Waals surface area contributed by atoms with Gasteiger partial charge in [0.1, 0.15) is 5.69 Å². The first-order chi connectivity index (χ1) is 9.84. The molecule has 21 heavy (non-hydrogen) atoms. The molecule has 1 unspecified atom stereocenters. The van der Waals surface area contributed by atoms with Crippen LogP contribution in [0, 0.1) is 10.1 Å². The van der Waals surface area contributed by atoms with Crippen molar-refractivity contribution in [3.8, 4) is 0 Å². The van der Waals surface area contributed by atoms with Gasteiger partial charge in [-0.3, -0.25) is 14.9 Å². The van der Waals surface area contributed by atoms with E-state index in [0.29, 0.717) is 6.42 Å². The van der Waals surface area contributed by atoms with Gasteiger partial charge in [0.15, 0.2) is 0 Å². The van der Waals surface area contributed by atoms with Gasteiger partial charge >= 0.3 is 0 Å². The van der Waals surface area contributed by atoms with E-state index in [2.05, 4.69) is 5.32 Å². The van der Waals surface area contributed by atoms with Crippen LogP contribution in [0.25, 0.3) is 0 Å². The molecule has 1 aliphatic rings. The summed E-state index contributed by atoms with van der Waals surface area (Å²) in [6.07, 6.45) is 4.67. The summed E-state index contributed by atoms with van der Waals surface area (Å²) in [6, 6.07) is 1.47. The van der Waals surface area contributed by atoms with Crippen LogP contribution in [0.5, 0.6) is 0 Å². The Hall–Kier alpha value is -1.89. The van der Waals surface area contributed by atoms with Crippen molar-refractivity contribution >= 4 is 11.6 Å². The fraction of sp³-hybridized carbons (Fsp3) is 0.643. The van der Waals surface area contributed by atoms with Gasteiger partial charge in [0.2, 0.25) is 0 Å².